The third-order valence-electron chi connectivity index (χ3n) is 2.75. The molecule has 0 aliphatic heterocycles. The van der Waals surface area contributed by atoms with Gasteiger partial charge in [-0.2, -0.15) is 0 Å². The SMILES string of the molecule is Cc1cc(NCc2ccc(F)c(F)c2)cc([N+](=O)[O-])c1. The molecule has 0 heterocycles. The maximum Gasteiger partial charge on any atom is 0.271 e. The second-order valence-electron chi connectivity index (χ2n) is 4.42. The molecule has 0 bridgehead atoms. The lowest BCUT2D eigenvalue weighted by atomic mass is 10.1. The zero-order chi connectivity index (χ0) is 14.7. The Hall–Kier alpha value is -2.50. The van der Waals surface area contributed by atoms with Gasteiger partial charge >= 0.3 is 0 Å². The number of nitro benzene ring substituents is 1. The minimum absolute atomic E-state index is 0.0159. The third kappa shape index (κ3) is 3.28. The molecule has 1 N–H and O–H groups in total. The molecule has 2 aromatic carbocycles. The van der Waals surface area contributed by atoms with Crippen LogP contribution in [0, 0.1) is 28.7 Å². The molecule has 0 radical (unpaired) electrons. The Morgan fingerprint density at radius 2 is 1.90 bits per heavy atom. The van der Waals surface area contributed by atoms with Crippen molar-refractivity contribution in [2.24, 2.45) is 0 Å². The van der Waals surface area contributed by atoms with Crippen molar-refractivity contribution in [2.75, 3.05) is 5.32 Å². The second-order valence-corrected chi connectivity index (χ2v) is 4.42. The molecule has 0 saturated carbocycles. The van der Waals surface area contributed by atoms with Gasteiger partial charge in [0, 0.05) is 24.4 Å². The van der Waals surface area contributed by atoms with E-state index in [4.69, 9.17) is 0 Å². The summed E-state index contributed by atoms with van der Waals surface area (Å²) in [5, 5.41) is 13.7. The highest BCUT2D eigenvalue weighted by Gasteiger charge is 2.08. The van der Waals surface area contributed by atoms with E-state index in [9.17, 15) is 18.9 Å². The van der Waals surface area contributed by atoms with Crippen LogP contribution in [0.5, 0.6) is 0 Å². The molecule has 4 nitrogen and oxygen atoms in total. The molecular weight excluding hydrogens is 266 g/mol. The summed E-state index contributed by atoms with van der Waals surface area (Å²) in [6.07, 6.45) is 0. The molecule has 0 aliphatic carbocycles. The lowest BCUT2D eigenvalue weighted by Gasteiger charge is -2.08. The summed E-state index contributed by atoms with van der Waals surface area (Å²) in [4.78, 5) is 10.3. The fourth-order valence-corrected chi connectivity index (χ4v) is 1.82. The predicted octanol–water partition coefficient (Wildman–Crippen LogP) is 3.79. The molecule has 0 aromatic heterocycles. The summed E-state index contributed by atoms with van der Waals surface area (Å²) in [6, 6.07) is 8.19. The van der Waals surface area contributed by atoms with E-state index >= 15 is 0 Å². The average Bonchev–Trinajstić information content (AvgIpc) is 2.39. The van der Waals surface area contributed by atoms with Gasteiger partial charge in [0.05, 0.1) is 4.92 Å². The molecule has 0 spiro atoms. The van der Waals surface area contributed by atoms with Gasteiger partial charge in [0.25, 0.3) is 5.69 Å². The van der Waals surface area contributed by atoms with Crippen LogP contribution in [-0.2, 0) is 6.54 Å². The Morgan fingerprint density at radius 3 is 2.55 bits per heavy atom. The molecule has 2 rings (SSSR count). The third-order valence-corrected chi connectivity index (χ3v) is 2.75. The first-order valence-electron chi connectivity index (χ1n) is 5.89. The summed E-state index contributed by atoms with van der Waals surface area (Å²) in [7, 11) is 0. The van der Waals surface area contributed by atoms with Crippen LogP contribution in [0.2, 0.25) is 0 Å². The quantitative estimate of drug-likeness (QED) is 0.683. The van der Waals surface area contributed by atoms with E-state index < -0.39 is 16.6 Å². The van der Waals surface area contributed by atoms with Gasteiger partial charge in [-0.3, -0.25) is 10.1 Å². The van der Waals surface area contributed by atoms with Gasteiger partial charge in [0.1, 0.15) is 0 Å². The first kappa shape index (κ1) is 13.9. The molecule has 6 heteroatoms. The first-order chi connectivity index (χ1) is 9.45. The maximum absolute atomic E-state index is 13.0. The van der Waals surface area contributed by atoms with Gasteiger partial charge in [-0.05, 0) is 36.2 Å². The predicted molar refractivity (Wildman–Crippen MR) is 71.5 cm³/mol. The average molecular weight is 278 g/mol. The summed E-state index contributed by atoms with van der Waals surface area (Å²) in [5.74, 6) is -1.82. The molecule has 0 amide bonds. The Bertz CT molecular complexity index is 660. The fourth-order valence-electron chi connectivity index (χ4n) is 1.82. The molecule has 0 aliphatic rings. The lowest BCUT2D eigenvalue weighted by Crippen LogP contribution is -2.01. The number of non-ortho nitro benzene ring substituents is 1. The fraction of sp³-hybridized carbons (Fsp3) is 0.143. The Balaban J connectivity index is 2.14. The highest BCUT2D eigenvalue weighted by molar-refractivity contribution is 5.54. The molecule has 0 saturated heterocycles. The number of rotatable bonds is 4. The standard InChI is InChI=1S/C14H12F2N2O2/c1-9-4-11(7-12(5-9)18(19)20)17-8-10-2-3-13(15)14(16)6-10/h2-7,17H,8H2,1H3. The van der Waals surface area contributed by atoms with Crippen molar-refractivity contribution < 1.29 is 13.7 Å². The number of hydrogen-bond acceptors (Lipinski definition) is 3. The van der Waals surface area contributed by atoms with E-state index in [1.807, 2.05) is 0 Å². The van der Waals surface area contributed by atoms with Crippen LogP contribution in [0.4, 0.5) is 20.2 Å². The number of anilines is 1. The van der Waals surface area contributed by atoms with Crippen molar-refractivity contribution in [1.82, 2.24) is 0 Å². The Morgan fingerprint density at radius 1 is 1.15 bits per heavy atom. The number of hydrogen-bond donors (Lipinski definition) is 1. The van der Waals surface area contributed by atoms with Gasteiger partial charge in [0.15, 0.2) is 11.6 Å². The van der Waals surface area contributed by atoms with Crippen LogP contribution in [-0.4, -0.2) is 4.92 Å². The molecule has 20 heavy (non-hydrogen) atoms. The zero-order valence-corrected chi connectivity index (χ0v) is 10.7. The van der Waals surface area contributed by atoms with E-state index in [0.717, 1.165) is 17.7 Å². The number of aryl methyl sites for hydroxylation is 1. The topological polar surface area (TPSA) is 55.2 Å². The van der Waals surface area contributed by atoms with Gasteiger partial charge in [-0.1, -0.05) is 6.07 Å². The number of benzene rings is 2. The van der Waals surface area contributed by atoms with Crippen LogP contribution in [0.25, 0.3) is 0 Å². The summed E-state index contributed by atoms with van der Waals surface area (Å²) < 4.78 is 25.8. The molecule has 0 atom stereocenters. The highest BCUT2D eigenvalue weighted by Crippen LogP contribution is 2.21. The normalized spacial score (nSPS) is 10.3. The molecule has 0 fully saturated rings. The van der Waals surface area contributed by atoms with Crippen molar-refractivity contribution in [3.63, 3.8) is 0 Å². The van der Waals surface area contributed by atoms with Crippen molar-refractivity contribution in [1.29, 1.82) is 0 Å². The van der Waals surface area contributed by atoms with Crippen molar-refractivity contribution in [3.05, 3.63) is 69.3 Å². The molecular formula is C14H12F2N2O2. The number of nitrogens with one attached hydrogen (secondary N) is 1. The van der Waals surface area contributed by atoms with Crippen LogP contribution in [0.1, 0.15) is 11.1 Å². The minimum Gasteiger partial charge on any atom is -0.381 e. The van der Waals surface area contributed by atoms with Crippen LogP contribution in [0.15, 0.2) is 36.4 Å². The lowest BCUT2D eigenvalue weighted by molar-refractivity contribution is -0.384. The van der Waals surface area contributed by atoms with Crippen molar-refractivity contribution >= 4 is 11.4 Å². The largest absolute Gasteiger partial charge is 0.381 e. The summed E-state index contributed by atoms with van der Waals surface area (Å²) in [6.45, 7) is 1.99. The smallest absolute Gasteiger partial charge is 0.271 e. The minimum atomic E-state index is -0.917. The van der Waals surface area contributed by atoms with E-state index in [1.165, 1.54) is 18.2 Å². The van der Waals surface area contributed by atoms with Crippen LogP contribution >= 0.6 is 0 Å². The summed E-state index contributed by atoms with van der Waals surface area (Å²) in [5.41, 5.74) is 1.83. The van der Waals surface area contributed by atoms with Gasteiger partial charge in [-0.15, -0.1) is 0 Å². The van der Waals surface area contributed by atoms with E-state index in [-0.39, 0.29) is 12.2 Å². The Kier molecular flexibility index (Phi) is 3.93. The van der Waals surface area contributed by atoms with Crippen molar-refractivity contribution in [2.45, 2.75) is 13.5 Å². The monoisotopic (exact) mass is 278 g/mol. The first-order valence-corrected chi connectivity index (χ1v) is 5.89. The zero-order valence-electron chi connectivity index (χ0n) is 10.7. The summed E-state index contributed by atoms with van der Waals surface area (Å²) >= 11 is 0. The maximum atomic E-state index is 13.0. The van der Waals surface area contributed by atoms with E-state index in [2.05, 4.69) is 5.32 Å². The van der Waals surface area contributed by atoms with Crippen LogP contribution < -0.4 is 5.32 Å². The number of halogens is 2. The second kappa shape index (κ2) is 5.64. The molecule has 104 valence electrons. The highest BCUT2D eigenvalue weighted by atomic mass is 19.2. The molecule has 0 unspecified atom stereocenters. The van der Waals surface area contributed by atoms with Crippen LogP contribution in [0.3, 0.4) is 0 Å². The van der Waals surface area contributed by atoms with Gasteiger partial charge in [0.2, 0.25) is 0 Å². The Labute approximate surface area is 114 Å². The number of nitrogens with zero attached hydrogens (tertiary/aromatic N) is 1. The number of nitro groups is 1. The molecule has 2 aromatic rings. The van der Waals surface area contributed by atoms with E-state index in [1.54, 1.807) is 13.0 Å². The van der Waals surface area contributed by atoms with Gasteiger partial charge in [-0.25, -0.2) is 8.78 Å². The van der Waals surface area contributed by atoms with Crippen molar-refractivity contribution in [3.8, 4) is 0 Å². The van der Waals surface area contributed by atoms with E-state index in [0.29, 0.717) is 11.3 Å². The van der Waals surface area contributed by atoms with Gasteiger partial charge < -0.3 is 5.32 Å².